The molecule has 0 bridgehead atoms. The maximum absolute atomic E-state index is 12.6. The molecule has 1 unspecified atom stereocenters. The van der Waals surface area contributed by atoms with E-state index in [2.05, 4.69) is 25.5 Å². The van der Waals surface area contributed by atoms with Crippen LogP contribution in [0.15, 0.2) is 35.3 Å². The molecule has 1 atom stereocenters. The summed E-state index contributed by atoms with van der Waals surface area (Å²) in [6, 6.07) is 7.05. The van der Waals surface area contributed by atoms with Crippen molar-refractivity contribution in [2.24, 2.45) is 5.73 Å². The summed E-state index contributed by atoms with van der Waals surface area (Å²) in [6.07, 6.45) is 6.84. The van der Waals surface area contributed by atoms with Gasteiger partial charge in [-0.05, 0) is 82.8 Å². The van der Waals surface area contributed by atoms with Gasteiger partial charge in [-0.25, -0.2) is 4.79 Å². The number of H-pyrrole nitrogens is 1. The maximum atomic E-state index is 12.6. The first-order chi connectivity index (χ1) is 14.6. The number of hydrogen-bond donors (Lipinski definition) is 4. The number of carbonyl (C=O) groups is 1. The lowest BCUT2D eigenvalue weighted by molar-refractivity contribution is 0.262. The number of aromatic amines is 1. The third-order valence-corrected chi connectivity index (χ3v) is 5.64. The minimum Gasteiger partial charge on any atom is -0.332 e. The summed E-state index contributed by atoms with van der Waals surface area (Å²) in [5.74, 6) is 0.336. The number of amides is 2. The summed E-state index contributed by atoms with van der Waals surface area (Å²) in [5.41, 5.74) is 7.67. The van der Waals surface area contributed by atoms with Crippen LogP contribution in [-0.4, -0.2) is 47.1 Å². The molecular weight excluding hydrogens is 380 g/mol. The van der Waals surface area contributed by atoms with E-state index in [4.69, 9.17) is 5.73 Å². The zero-order chi connectivity index (χ0) is 21.3. The van der Waals surface area contributed by atoms with Crippen molar-refractivity contribution in [3.05, 3.63) is 51.9 Å². The number of urea groups is 1. The van der Waals surface area contributed by atoms with Crippen LogP contribution in [0.2, 0.25) is 0 Å². The molecule has 5 N–H and O–H groups in total. The van der Waals surface area contributed by atoms with Gasteiger partial charge >= 0.3 is 6.03 Å². The van der Waals surface area contributed by atoms with Gasteiger partial charge < -0.3 is 20.9 Å². The van der Waals surface area contributed by atoms with Crippen molar-refractivity contribution >= 4 is 17.7 Å². The summed E-state index contributed by atoms with van der Waals surface area (Å²) >= 11 is 0. The van der Waals surface area contributed by atoms with Crippen LogP contribution < -0.4 is 21.9 Å². The molecule has 1 saturated heterocycles. The molecule has 0 radical (unpaired) electrons. The third-order valence-electron chi connectivity index (χ3n) is 5.64. The Morgan fingerprint density at radius 2 is 2.07 bits per heavy atom. The summed E-state index contributed by atoms with van der Waals surface area (Å²) in [4.78, 5) is 34.3. The van der Waals surface area contributed by atoms with Crippen LogP contribution in [0.3, 0.4) is 0 Å². The number of hydrogen-bond acceptors (Lipinski definition) is 5. The smallest absolute Gasteiger partial charge is 0.326 e. The number of aryl methyl sites for hydroxylation is 1. The molecule has 8 heteroatoms. The highest BCUT2D eigenvalue weighted by atomic mass is 16.2. The first-order valence-corrected chi connectivity index (χ1v) is 10.7. The largest absolute Gasteiger partial charge is 0.332 e. The van der Waals surface area contributed by atoms with Crippen LogP contribution in [0.4, 0.5) is 16.4 Å². The Morgan fingerprint density at radius 3 is 2.83 bits per heavy atom. The van der Waals surface area contributed by atoms with E-state index in [-0.39, 0.29) is 17.4 Å². The van der Waals surface area contributed by atoms with Crippen molar-refractivity contribution in [1.29, 1.82) is 0 Å². The molecule has 2 aromatic rings. The Labute approximate surface area is 177 Å². The molecule has 1 fully saturated rings. The van der Waals surface area contributed by atoms with E-state index in [9.17, 15) is 9.59 Å². The number of unbranched alkanes of at least 4 members (excludes halogenated alkanes) is 1. The molecule has 0 spiro atoms. The van der Waals surface area contributed by atoms with Gasteiger partial charge in [-0.15, -0.1) is 0 Å². The molecule has 30 heavy (non-hydrogen) atoms. The highest BCUT2D eigenvalue weighted by Gasteiger charge is 2.21. The van der Waals surface area contributed by atoms with Gasteiger partial charge in [0.15, 0.2) is 0 Å². The average molecular weight is 413 g/mol. The number of likely N-dealkylation sites (tertiary alicyclic amines) is 1. The zero-order valence-corrected chi connectivity index (χ0v) is 17.6. The van der Waals surface area contributed by atoms with Crippen molar-refractivity contribution < 1.29 is 4.79 Å². The fourth-order valence-electron chi connectivity index (χ4n) is 3.91. The van der Waals surface area contributed by atoms with Crippen LogP contribution in [0.5, 0.6) is 0 Å². The molecule has 1 aliphatic rings. The van der Waals surface area contributed by atoms with E-state index in [1.165, 1.54) is 0 Å². The number of benzene rings is 1. The van der Waals surface area contributed by atoms with Crippen LogP contribution in [0, 0.1) is 6.92 Å². The number of carbonyl (C=O) groups excluding carboxylic acids is 1. The molecule has 1 aliphatic heterocycles. The first kappa shape index (κ1) is 22.0. The topological polar surface area (TPSA) is 116 Å². The summed E-state index contributed by atoms with van der Waals surface area (Å²) in [7, 11) is 0. The Morgan fingerprint density at radius 1 is 1.23 bits per heavy atom. The normalized spacial score (nSPS) is 17.3. The number of nitrogens with one attached hydrogen (secondary N) is 3. The summed E-state index contributed by atoms with van der Waals surface area (Å²) in [6.45, 7) is 5.76. The van der Waals surface area contributed by atoms with Gasteiger partial charge in [0.1, 0.15) is 0 Å². The number of anilines is 2. The number of nitrogens with two attached hydrogens (primary N) is 1. The molecule has 0 aliphatic carbocycles. The summed E-state index contributed by atoms with van der Waals surface area (Å²) < 4.78 is 0. The van der Waals surface area contributed by atoms with Gasteiger partial charge in [-0.2, -0.15) is 4.98 Å². The molecule has 2 amide bonds. The quantitative estimate of drug-likeness (QED) is 0.522. The minimum atomic E-state index is -0.442. The monoisotopic (exact) mass is 412 g/mol. The van der Waals surface area contributed by atoms with E-state index >= 15 is 0 Å². The number of nitrogens with zero attached hydrogens (tertiary/aromatic N) is 2. The van der Waals surface area contributed by atoms with Crippen molar-refractivity contribution in [3.8, 4) is 0 Å². The van der Waals surface area contributed by atoms with Crippen molar-refractivity contribution in [1.82, 2.24) is 14.9 Å². The Kier molecular flexibility index (Phi) is 7.98. The van der Waals surface area contributed by atoms with Gasteiger partial charge in [0.25, 0.3) is 5.56 Å². The number of aromatic nitrogens is 2. The second kappa shape index (κ2) is 10.9. The van der Waals surface area contributed by atoms with Gasteiger partial charge in [0.2, 0.25) is 5.95 Å². The fraction of sp³-hybridized carbons (Fsp3) is 0.500. The van der Waals surface area contributed by atoms with Gasteiger partial charge in [0, 0.05) is 17.4 Å². The van der Waals surface area contributed by atoms with E-state index < -0.39 is 6.03 Å². The summed E-state index contributed by atoms with van der Waals surface area (Å²) in [5, 5.41) is 5.37. The molecule has 1 aromatic heterocycles. The highest BCUT2D eigenvalue weighted by Crippen LogP contribution is 2.26. The Hall–Kier alpha value is -2.71. The van der Waals surface area contributed by atoms with Crippen molar-refractivity contribution in [2.75, 3.05) is 36.8 Å². The molecular formula is C22H32N6O2. The Bertz CT molecular complexity index is 897. The molecule has 8 nitrogen and oxygen atoms in total. The lowest BCUT2D eigenvalue weighted by Gasteiger charge is -2.19. The molecule has 3 rings (SSSR count). The standard InChI is InChI=1S/C22H32N6O2/c1-16-7-2-3-9-19(16)25-22(30)27-21-24-15-18(20(29)26-21)17-8-6-13-28(14-10-17)12-5-4-11-23/h2-3,7,9,15,17H,4-6,8,10-14,23H2,1H3,(H3,24,25,26,27,29,30). The first-order valence-electron chi connectivity index (χ1n) is 10.7. The molecule has 162 valence electrons. The van der Waals surface area contributed by atoms with Gasteiger partial charge in [-0.3, -0.25) is 10.1 Å². The van der Waals surface area contributed by atoms with Crippen LogP contribution in [0.25, 0.3) is 0 Å². The van der Waals surface area contributed by atoms with Gasteiger partial charge in [0.05, 0.1) is 0 Å². The zero-order valence-electron chi connectivity index (χ0n) is 17.6. The minimum absolute atomic E-state index is 0.145. The van der Waals surface area contributed by atoms with E-state index in [1.54, 1.807) is 6.20 Å². The van der Waals surface area contributed by atoms with Crippen LogP contribution in [-0.2, 0) is 0 Å². The SMILES string of the molecule is Cc1ccccc1NC(=O)Nc1nc(=O)c(C2CCCN(CCCCN)CC2)c[nH]1. The maximum Gasteiger partial charge on any atom is 0.326 e. The lowest BCUT2D eigenvalue weighted by atomic mass is 9.94. The van der Waals surface area contributed by atoms with E-state index in [0.717, 1.165) is 63.8 Å². The van der Waals surface area contributed by atoms with Crippen LogP contribution in [0.1, 0.15) is 49.1 Å². The van der Waals surface area contributed by atoms with Crippen LogP contribution >= 0.6 is 0 Å². The lowest BCUT2D eigenvalue weighted by Crippen LogP contribution is -2.27. The number of rotatable bonds is 7. The predicted molar refractivity (Wildman–Crippen MR) is 120 cm³/mol. The van der Waals surface area contributed by atoms with Crippen molar-refractivity contribution in [3.63, 3.8) is 0 Å². The predicted octanol–water partition coefficient (Wildman–Crippen LogP) is 3.03. The van der Waals surface area contributed by atoms with Crippen molar-refractivity contribution in [2.45, 2.75) is 44.9 Å². The third kappa shape index (κ3) is 6.14. The second-order valence-corrected chi connectivity index (χ2v) is 7.87. The molecule has 2 heterocycles. The second-order valence-electron chi connectivity index (χ2n) is 7.87. The van der Waals surface area contributed by atoms with E-state index in [1.807, 2.05) is 31.2 Å². The Balaban J connectivity index is 1.58. The van der Waals surface area contributed by atoms with E-state index in [0.29, 0.717) is 11.3 Å². The highest BCUT2D eigenvalue weighted by molar-refractivity contribution is 5.99. The molecule has 1 aromatic carbocycles. The number of para-hydroxylation sites is 1. The van der Waals surface area contributed by atoms with Gasteiger partial charge in [-0.1, -0.05) is 18.2 Å². The average Bonchev–Trinajstić information content (AvgIpc) is 2.96. The molecule has 0 saturated carbocycles. The fourth-order valence-corrected chi connectivity index (χ4v) is 3.91.